The van der Waals surface area contributed by atoms with Gasteiger partial charge in [0.2, 0.25) is 0 Å². The highest BCUT2D eigenvalue weighted by Crippen LogP contribution is 2.43. The van der Waals surface area contributed by atoms with E-state index < -0.39 is 0 Å². The quantitative estimate of drug-likeness (QED) is 0.188. The predicted molar refractivity (Wildman–Crippen MR) is 191 cm³/mol. The van der Waals surface area contributed by atoms with Crippen LogP contribution in [-0.4, -0.2) is 46.2 Å². The van der Waals surface area contributed by atoms with E-state index in [0.717, 1.165) is 74.1 Å². The van der Waals surface area contributed by atoms with Gasteiger partial charge in [-0.15, -0.1) is 0 Å². The standard InChI is InChI=1S/C40H68N2O2/c1-15-37(7,8)31-23-29(35(43)33(25-31)39(11,12)17-3)27-42(22-21-41(19-5)20-6)28-30-24-32(38(9,10)16-2)26-34(36(30)44)40(13,14)18-4/h23-26,43-44H,15-22,27-28H2,1-14H3. The molecular weight excluding hydrogens is 540 g/mol. The first-order valence-electron chi connectivity index (χ1n) is 17.5. The Morgan fingerprint density at radius 3 is 1.09 bits per heavy atom. The van der Waals surface area contributed by atoms with Crippen LogP contribution in [-0.2, 0) is 34.7 Å². The fourth-order valence-corrected chi connectivity index (χ4v) is 5.75. The van der Waals surface area contributed by atoms with Crippen molar-refractivity contribution in [2.75, 3.05) is 26.2 Å². The highest BCUT2D eigenvalue weighted by atomic mass is 16.3. The van der Waals surface area contributed by atoms with Gasteiger partial charge in [0, 0.05) is 48.4 Å². The molecule has 2 aromatic carbocycles. The summed E-state index contributed by atoms with van der Waals surface area (Å²) in [5.74, 6) is 0.858. The third-order valence-electron chi connectivity index (χ3n) is 11.3. The van der Waals surface area contributed by atoms with E-state index in [-0.39, 0.29) is 21.7 Å². The average Bonchev–Trinajstić information content (AvgIpc) is 2.98. The summed E-state index contributed by atoms with van der Waals surface area (Å²) in [6.45, 7) is 36.6. The van der Waals surface area contributed by atoms with Gasteiger partial charge in [0.1, 0.15) is 11.5 Å². The Balaban J connectivity index is 2.77. The Bertz CT molecular complexity index is 1130. The van der Waals surface area contributed by atoms with Crippen molar-refractivity contribution in [2.24, 2.45) is 0 Å². The SMILES string of the molecule is CCN(CC)CCN(Cc1cc(C(C)(C)CC)cc(C(C)(C)CC)c1O)Cc1cc(C(C)(C)CC)cc(C(C)(C)CC)c1O. The highest BCUT2D eigenvalue weighted by molar-refractivity contribution is 5.51. The number of rotatable bonds is 17. The Morgan fingerprint density at radius 2 is 0.795 bits per heavy atom. The molecule has 0 atom stereocenters. The van der Waals surface area contributed by atoms with E-state index in [0.29, 0.717) is 24.6 Å². The molecule has 0 aliphatic rings. The minimum Gasteiger partial charge on any atom is -0.507 e. The van der Waals surface area contributed by atoms with Crippen molar-refractivity contribution >= 4 is 0 Å². The maximum Gasteiger partial charge on any atom is 0.123 e. The Kier molecular flexibility index (Phi) is 13.0. The molecule has 0 saturated heterocycles. The van der Waals surface area contributed by atoms with Crippen LogP contribution in [0, 0.1) is 0 Å². The minimum absolute atomic E-state index is 0.00600. The van der Waals surface area contributed by atoms with E-state index in [1.54, 1.807) is 0 Å². The van der Waals surface area contributed by atoms with Gasteiger partial charge in [-0.05, 0) is 71.6 Å². The summed E-state index contributed by atoms with van der Waals surface area (Å²) >= 11 is 0. The molecular formula is C40H68N2O2. The lowest BCUT2D eigenvalue weighted by Gasteiger charge is -2.34. The minimum atomic E-state index is -0.135. The zero-order valence-corrected chi connectivity index (χ0v) is 31.2. The second kappa shape index (κ2) is 15.0. The van der Waals surface area contributed by atoms with Crippen molar-refractivity contribution in [3.05, 3.63) is 57.6 Å². The molecule has 0 unspecified atom stereocenters. The van der Waals surface area contributed by atoms with Gasteiger partial charge < -0.3 is 15.1 Å². The highest BCUT2D eigenvalue weighted by Gasteiger charge is 2.31. The smallest absolute Gasteiger partial charge is 0.123 e. The Labute approximate surface area is 272 Å². The molecule has 44 heavy (non-hydrogen) atoms. The summed E-state index contributed by atoms with van der Waals surface area (Å²) in [5.41, 5.74) is 6.37. The Morgan fingerprint density at radius 1 is 0.477 bits per heavy atom. The summed E-state index contributed by atoms with van der Waals surface area (Å²) < 4.78 is 0. The van der Waals surface area contributed by atoms with Crippen molar-refractivity contribution in [1.29, 1.82) is 0 Å². The first-order valence-corrected chi connectivity index (χ1v) is 17.5. The van der Waals surface area contributed by atoms with Gasteiger partial charge in [-0.2, -0.15) is 0 Å². The molecule has 0 fully saturated rings. The van der Waals surface area contributed by atoms with Crippen LogP contribution in [0.2, 0.25) is 0 Å². The van der Waals surface area contributed by atoms with E-state index >= 15 is 0 Å². The van der Waals surface area contributed by atoms with Gasteiger partial charge in [-0.3, -0.25) is 4.90 Å². The van der Waals surface area contributed by atoms with Gasteiger partial charge in [0.15, 0.2) is 0 Å². The van der Waals surface area contributed by atoms with Gasteiger partial charge in [-0.25, -0.2) is 0 Å². The number of nitrogens with zero attached hydrogens (tertiary/aromatic N) is 2. The van der Waals surface area contributed by atoms with Crippen LogP contribution in [0.15, 0.2) is 24.3 Å². The zero-order chi connectivity index (χ0) is 33.7. The first-order chi connectivity index (χ1) is 20.3. The summed E-state index contributed by atoms with van der Waals surface area (Å²) in [6, 6.07) is 9.02. The maximum atomic E-state index is 11.8. The molecule has 0 heterocycles. The molecule has 2 aromatic rings. The number of hydrogen-bond acceptors (Lipinski definition) is 4. The average molecular weight is 609 g/mol. The van der Waals surface area contributed by atoms with E-state index in [9.17, 15) is 10.2 Å². The van der Waals surface area contributed by atoms with Crippen LogP contribution in [0.1, 0.15) is 156 Å². The summed E-state index contributed by atoms with van der Waals surface area (Å²) in [4.78, 5) is 4.90. The number of benzene rings is 2. The molecule has 0 amide bonds. The lowest BCUT2D eigenvalue weighted by Crippen LogP contribution is -2.35. The van der Waals surface area contributed by atoms with Gasteiger partial charge in [-0.1, -0.05) is 121 Å². The van der Waals surface area contributed by atoms with Crippen LogP contribution >= 0.6 is 0 Å². The number of likely N-dealkylation sites (N-methyl/N-ethyl adjacent to an activating group) is 1. The summed E-state index contributed by atoms with van der Waals surface area (Å²) in [6.07, 6.45) is 3.95. The van der Waals surface area contributed by atoms with Crippen LogP contribution in [0.25, 0.3) is 0 Å². The van der Waals surface area contributed by atoms with Crippen LogP contribution in [0.5, 0.6) is 11.5 Å². The number of phenolic OH excluding ortho intramolecular Hbond substituents is 2. The molecule has 2 rings (SSSR count). The lowest BCUT2D eigenvalue weighted by molar-refractivity contribution is 0.198. The van der Waals surface area contributed by atoms with Crippen molar-refractivity contribution < 1.29 is 10.2 Å². The number of aromatic hydroxyl groups is 2. The fraction of sp³-hybridized carbons (Fsp3) is 0.700. The summed E-state index contributed by atoms with van der Waals surface area (Å²) in [7, 11) is 0. The molecule has 0 spiro atoms. The second-order valence-electron chi connectivity index (χ2n) is 15.8. The van der Waals surface area contributed by atoms with Crippen molar-refractivity contribution in [3.8, 4) is 11.5 Å². The molecule has 0 bridgehead atoms. The van der Waals surface area contributed by atoms with Gasteiger partial charge >= 0.3 is 0 Å². The van der Waals surface area contributed by atoms with Crippen molar-refractivity contribution in [3.63, 3.8) is 0 Å². The normalized spacial score (nSPS) is 13.4. The van der Waals surface area contributed by atoms with E-state index in [1.165, 1.54) is 11.1 Å². The van der Waals surface area contributed by atoms with Crippen molar-refractivity contribution in [1.82, 2.24) is 9.80 Å². The maximum absolute atomic E-state index is 11.8. The van der Waals surface area contributed by atoms with Crippen LogP contribution in [0.3, 0.4) is 0 Å². The fourth-order valence-electron chi connectivity index (χ4n) is 5.75. The molecule has 250 valence electrons. The second-order valence-corrected chi connectivity index (χ2v) is 15.8. The molecule has 0 aliphatic carbocycles. The lowest BCUT2D eigenvalue weighted by atomic mass is 9.75. The van der Waals surface area contributed by atoms with Crippen molar-refractivity contribution in [2.45, 2.75) is 157 Å². The first kappa shape index (κ1) is 38.1. The molecule has 0 aliphatic heterocycles. The van der Waals surface area contributed by atoms with E-state index in [1.807, 2.05) is 0 Å². The molecule has 0 saturated carbocycles. The van der Waals surface area contributed by atoms with E-state index in [2.05, 4.69) is 131 Å². The van der Waals surface area contributed by atoms with E-state index in [4.69, 9.17) is 0 Å². The molecule has 0 aromatic heterocycles. The number of phenols is 2. The third kappa shape index (κ3) is 8.81. The molecule has 4 heteroatoms. The monoisotopic (exact) mass is 609 g/mol. The van der Waals surface area contributed by atoms with Crippen LogP contribution in [0.4, 0.5) is 0 Å². The predicted octanol–water partition coefficient (Wildman–Crippen LogP) is 10.2. The largest absolute Gasteiger partial charge is 0.507 e. The van der Waals surface area contributed by atoms with Crippen LogP contribution < -0.4 is 0 Å². The molecule has 0 radical (unpaired) electrons. The Hall–Kier alpha value is -2.04. The third-order valence-corrected chi connectivity index (χ3v) is 11.3. The topological polar surface area (TPSA) is 46.9 Å². The van der Waals surface area contributed by atoms with Gasteiger partial charge in [0.05, 0.1) is 0 Å². The summed E-state index contributed by atoms with van der Waals surface area (Å²) in [5, 5.41) is 23.7. The number of hydrogen-bond donors (Lipinski definition) is 2. The zero-order valence-electron chi connectivity index (χ0n) is 31.2. The molecule has 2 N–H and O–H groups in total. The molecule has 4 nitrogen and oxygen atoms in total. The van der Waals surface area contributed by atoms with Gasteiger partial charge in [0.25, 0.3) is 0 Å².